The van der Waals surface area contributed by atoms with Gasteiger partial charge in [-0.05, 0) is 50.5 Å². The molecule has 0 bridgehead atoms. The van der Waals surface area contributed by atoms with Crippen LogP contribution in [0, 0.1) is 0 Å². The first-order chi connectivity index (χ1) is 13.7. The summed E-state index contributed by atoms with van der Waals surface area (Å²) in [6.07, 6.45) is 6.06. The van der Waals surface area contributed by atoms with Gasteiger partial charge < -0.3 is 18.9 Å². The Hall–Kier alpha value is -3.09. The van der Waals surface area contributed by atoms with E-state index in [1.54, 1.807) is 17.2 Å². The molecule has 2 aromatic heterocycles. The molecule has 1 amide bonds. The van der Waals surface area contributed by atoms with Crippen LogP contribution in [0.25, 0.3) is 17.0 Å². The van der Waals surface area contributed by atoms with Gasteiger partial charge in [0.1, 0.15) is 5.60 Å². The quantitative estimate of drug-likeness (QED) is 0.735. The number of carbonyl (C=O) groups is 2. The topological polar surface area (TPSA) is 73.7 Å². The highest BCUT2D eigenvalue weighted by Crippen LogP contribution is 2.26. The van der Waals surface area contributed by atoms with E-state index in [1.165, 1.54) is 7.11 Å². The Labute approximate surface area is 170 Å². The number of hydrogen-bond acceptors (Lipinski definition) is 5. The smallest absolute Gasteiger partial charge is 0.410 e. The number of methoxy groups -OCH3 is 1. The van der Waals surface area contributed by atoms with Crippen LogP contribution in [0.3, 0.4) is 0 Å². The Morgan fingerprint density at radius 1 is 1.21 bits per heavy atom. The SMILES string of the molecule is COC(=O)c1cc(-c2ccc(C3=CCN(C(=O)OC(C)(C)C)CC3)cn2)n(C)c1. The van der Waals surface area contributed by atoms with Gasteiger partial charge in [0.05, 0.1) is 24.1 Å². The van der Waals surface area contributed by atoms with Gasteiger partial charge in [-0.15, -0.1) is 0 Å². The molecule has 0 spiro atoms. The van der Waals surface area contributed by atoms with Crippen LogP contribution in [0.15, 0.2) is 36.7 Å². The Balaban J connectivity index is 1.71. The molecule has 29 heavy (non-hydrogen) atoms. The molecule has 0 saturated heterocycles. The van der Waals surface area contributed by atoms with Crippen molar-refractivity contribution < 1.29 is 19.1 Å². The maximum absolute atomic E-state index is 12.2. The lowest BCUT2D eigenvalue weighted by atomic mass is 10.0. The molecule has 1 aliphatic heterocycles. The van der Waals surface area contributed by atoms with Crippen LogP contribution in [0.4, 0.5) is 4.79 Å². The lowest BCUT2D eigenvalue weighted by Gasteiger charge is -2.29. The van der Waals surface area contributed by atoms with E-state index >= 15 is 0 Å². The van der Waals surface area contributed by atoms with E-state index in [2.05, 4.69) is 4.98 Å². The molecular formula is C22H27N3O4. The third-order valence-corrected chi connectivity index (χ3v) is 4.68. The number of ether oxygens (including phenoxy) is 2. The minimum atomic E-state index is -0.495. The van der Waals surface area contributed by atoms with Crippen molar-refractivity contribution in [2.75, 3.05) is 20.2 Å². The number of rotatable bonds is 3. The summed E-state index contributed by atoms with van der Waals surface area (Å²) >= 11 is 0. The van der Waals surface area contributed by atoms with Gasteiger partial charge in [-0.3, -0.25) is 4.98 Å². The number of hydrogen-bond donors (Lipinski definition) is 0. The summed E-state index contributed by atoms with van der Waals surface area (Å²) in [4.78, 5) is 30.2. The van der Waals surface area contributed by atoms with Crippen LogP contribution in [0.1, 0.15) is 43.1 Å². The van der Waals surface area contributed by atoms with Gasteiger partial charge in [0.25, 0.3) is 0 Å². The molecule has 0 N–H and O–H groups in total. The highest BCUT2D eigenvalue weighted by molar-refractivity contribution is 5.90. The molecule has 0 unspecified atom stereocenters. The van der Waals surface area contributed by atoms with Crippen molar-refractivity contribution in [3.63, 3.8) is 0 Å². The van der Waals surface area contributed by atoms with Crippen LogP contribution < -0.4 is 0 Å². The zero-order valence-corrected chi connectivity index (χ0v) is 17.6. The van der Waals surface area contributed by atoms with Crippen molar-refractivity contribution in [3.05, 3.63) is 47.8 Å². The lowest BCUT2D eigenvalue weighted by molar-refractivity contribution is 0.0270. The maximum Gasteiger partial charge on any atom is 0.410 e. The Kier molecular flexibility index (Phi) is 5.77. The number of amides is 1. The average molecular weight is 397 g/mol. The summed E-state index contributed by atoms with van der Waals surface area (Å²) in [5.74, 6) is -0.370. The molecule has 3 rings (SSSR count). The zero-order valence-electron chi connectivity index (χ0n) is 17.6. The largest absolute Gasteiger partial charge is 0.465 e. The molecule has 0 aliphatic carbocycles. The summed E-state index contributed by atoms with van der Waals surface area (Å²) in [5.41, 5.74) is 3.80. The van der Waals surface area contributed by atoms with Gasteiger partial charge in [-0.1, -0.05) is 12.1 Å². The van der Waals surface area contributed by atoms with Crippen molar-refractivity contribution in [2.24, 2.45) is 7.05 Å². The molecule has 154 valence electrons. The predicted octanol–water partition coefficient (Wildman–Crippen LogP) is 3.90. The normalized spacial score (nSPS) is 14.4. The van der Waals surface area contributed by atoms with Gasteiger partial charge in [-0.25, -0.2) is 9.59 Å². The number of carbonyl (C=O) groups excluding carboxylic acids is 2. The summed E-state index contributed by atoms with van der Waals surface area (Å²) < 4.78 is 12.1. The third kappa shape index (κ3) is 4.85. The standard InChI is InChI=1S/C22H27N3O4/c1-22(2,3)29-21(27)25-10-8-15(9-11-25)16-6-7-18(23-13-16)19-12-17(14-24(19)4)20(26)28-5/h6-8,12-14H,9-11H2,1-5H3. The van der Waals surface area contributed by atoms with E-state index < -0.39 is 5.60 Å². The Morgan fingerprint density at radius 3 is 2.52 bits per heavy atom. The van der Waals surface area contributed by atoms with Crippen LogP contribution in [-0.4, -0.2) is 52.3 Å². The first-order valence-electron chi connectivity index (χ1n) is 9.56. The van der Waals surface area contributed by atoms with E-state index in [0.29, 0.717) is 18.7 Å². The molecule has 0 aromatic carbocycles. The molecule has 0 fully saturated rings. The van der Waals surface area contributed by atoms with Gasteiger partial charge >= 0.3 is 12.1 Å². The zero-order chi connectivity index (χ0) is 21.2. The first kappa shape index (κ1) is 20.6. The van der Waals surface area contributed by atoms with Gasteiger partial charge in [0, 0.05) is 32.5 Å². The number of pyridine rings is 1. The molecule has 3 heterocycles. The number of aryl methyl sites for hydroxylation is 1. The fourth-order valence-electron chi connectivity index (χ4n) is 3.21. The predicted molar refractivity (Wildman–Crippen MR) is 110 cm³/mol. The van der Waals surface area contributed by atoms with Gasteiger partial charge in [0.2, 0.25) is 0 Å². The van der Waals surface area contributed by atoms with E-state index in [-0.39, 0.29) is 12.1 Å². The minimum Gasteiger partial charge on any atom is -0.465 e. The van der Waals surface area contributed by atoms with E-state index in [9.17, 15) is 9.59 Å². The Bertz CT molecular complexity index is 936. The molecule has 0 saturated carbocycles. The summed E-state index contributed by atoms with van der Waals surface area (Å²) in [6.45, 7) is 6.73. The van der Waals surface area contributed by atoms with Gasteiger partial charge in [0.15, 0.2) is 0 Å². The number of esters is 1. The van der Waals surface area contributed by atoms with Crippen LogP contribution in [0.5, 0.6) is 0 Å². The highest BCUT2D eigenvalue weighted by atomic mass is 16.6. The van der Waals surface area contributed by atoms with Crippen LogP contribution in [0.2, 0.25) is 0 Å². The first-order valence-corrected chi connectivity index (χ1v) is 9.56. The molecule has 0 atom stereocenters. The summed E-state index contributed by atoms with van der Waals surface area (Å²) in [5, 5.41) is 0. The fraction of sp³-hybridized carbons (Fsp3) is 0.409. The summed E-state index contributed by atoms with van der Waals surface area (Å²) in [7, 11) is 3.23. The minimum absolute atomic E-state index is 0.286. The fourth-order valence-corrected chi connectivity index (χ4v) is 3.21. The summed E-state index contributed by atoms with van der Waals surface area (Å²) in [6, 6.07) is 5.72. The second-order valence-corrected chi connectivity index (χ2v) is 8.05. The molecule has 7 nitrogen and oxygen atoms in total. The second-order valence-electron chi connectivity index (χ2n) is 8.05. The van der Waals surface area contributed by atoms with Crippen molar-refractivity contribution in [3.8, 4) is 11.4 Å². The third-order valence-electron chi connectivity index (χ3n) is 4.68. The molecular weight excluding hydrogens is 370 g/mol. The second kappa shape index (κ2) is 8.11. The van der Waals surface area contributed by atoms with Crippen molar-refractivity contribution in [2.45, 2.75) is 32.8 Å². The van der Waals surface area contributed by atoms with Crippen LogP contribution in [-0.2, 0) is 16.5 Å². The molecule has 2 aromatic rings. The molecule has 7 heteroatoms. The van der Waals surface area contributed by atoms with Crippen molar-refractivity contribution in [1.82, 2.24) is 14.5 Å². The molecule has 1 aliphatic rings. The Morgan fingerprint density at radius 2 is 1.97 bits per heavy atom. The van der Waals surface area contributed by atoms with Crippen LogP contribution >= 0.6 is 0 Å². The van der Waals surface area contributed by atoms with E-state index in [1.807, 2.05) is 56.8 Å². The lowest BCUT2D eigenvalue weighted by Crippen LogP contribution is -2.39. The van der Waals surface area contributed by atoms with E-state index in [4.69, 9.17) is 9.47 Å². The number of nitrogens with zero attached hydrogens (tertiary/aromatic N) is 3. The molecule has 0 radical (unpaired) electrons. The average Bonchev–Trinajstić information content (AvgIpc) is 3.08. The van der Waals surface area contributed by atoms with Crippen molar-refractivity contribution >= 4 is 17.6 Å². The maximum atomic E-state index is 12.2. The highest BCUT2D eigenvalue weighted by Gasteiger charge is 2.24. The number of aromatic nitrogens is 2. The van der Waals surface area contributed by atoms with Crippen molar-refractivity contribution in [1.29, 1.82) is 0 Å². The van der Waals surface area contributed by atoms with Gasteiger partial charge in [-0.2, -0.15) is 0 Å². The monoisotopic (exact) mass is 397 g/mol. The van der Waals surface area contributed by atoms with E-state index in [0.717, 1.165) is 28.9 Å².